The van der Waals surface area contributed by atoms with Gasteiger partial charge in [-0.25, -0.2) is 12.8 Å². The molecule has 0 aromatic heterocycles. The van der Waals surface area contributed by atoms with E-state index >= 15 is 0 Å². The van der Waals surface area contributed by atoms with Crippen LogP contribution in [0, 0.1) is 11.7 Å². The summed E-state index contributed by atoms with van der Waals surface area (Å²) in [4.78, 5) is 0.0874. The fraction of sp³-hybridized carbons (Fsp3) is 0.600. The Balaban J connectivity index is 2.43. The van der Waals surface area contributed by atoms with Crippen molar-refractivity contribution in [2.24, 2.45) is 5.92 Å². The van der Waals surface area contributed by atoms with Crippen LogP contribution in [0.4, 0.5) is 4.39 Å². The normalized spacial score (nSPS) is 15.9. The molecule has 1 N–H and O–H groups in total. The quantitative estimate of drug-likeness (QED) is 0.840. The van der Waals surface area contributed by atoms with Gasteiger partial charge in [0.1, 0.15) is 5.82 Å². The van der Waals surface area contributed by atoms with Crippen molar-refractivity contribution >= 4 is 10.0 Å². The highest BCUT2D eigenvalue weighted by Gasteiger charge is 2.39. The topological polar surface area (TPSA) is 49.4 Å². The van der Waals surface area contributed by atoms with Gasteiger partial charge in [-0.3, -0.25) is 0 Å². The molecule has 0 radical (unpaired) electrons. The largest absolute Gasteiger partial charge is 0.316 e. The van der Waals surface area contributed by atoms with Gasteiger partial charge in [-0.05, 0) is 43.5 Å². The first kappa shape index (κ1) is 16.4. The summed E-state index contributed by atoms with van der Waals surface area (Å²) in [6, 6.07) is 4.05. The number of hydrogen-bond acceptors (Lipinski definition) is 3. The third-order valence-electron chi connectivity index (χ3n) is 3.48. The lowest BCUT2D eigenvalue weighted by Gasteiger charge is -2.25. The van der Waals surface area contributed by atoms with Crippen LogP contribution in [0.5, 0.6) is 0 Å². The Kier molecular flexibility index (Phi) is 5.01. The van der Waals surface area contributed by atoms with Gasteiger partial charge in [0, 0.05) is 19.1 Å². The van der Waals surface area contributed by atoms with Crippen molar-refractivity contribution in [2.75, 3.05) is 13.6 Å². The van der Waals surface area contributed by atoms with Crippen molar-refractivity contribution < 1.29 is 12.8 Å². The lowest BCUT2D eigenvalue weighted by Crippen LogP contribution is -2.36. The molecule has 1 saturated carbocycles. The number of rotatable bonds is 7. The van der Waals surface area contributed by atoms with E-state index in [1.54, 1.807) is 17.4 Å². The monoisotopic (exact) mass is 314 g/mol. The zero-order valence-corrected chi connectivity index (χ0v) is 13.6. The van der Waals surface area contributed by atoms with E-state index in [2.05, 4.69) is 5.32 Å². The van der Waals surface area contributed by atoms with Gasteiger partial charge in [-0.15, -0.1) is 0 Å². The summed E-state index contributed by atoms with van der Waals surface area (Å²) in [6.07, 6.45) is 1.78. The predicted octanol–water partition coefficient (Wildman–Crippen LogP) is 2.35. The molecule has 6 heteroatoms. The molecule has 0 spiro atoms. The summed E-state index contributed by atoms with van der Waals surface area (Å²) >= 11 is 0. The SMILES string of the molecule is CNCc1ccc(F)cc1S(=O)(=O)N(CC(C)C)C1CC1. The number of nitrogens with zero attached hydrogens (tertiary/aromatic N) is 1. The van der Waals surface area contributed by atoms with Gasteiger partial charge >= 0.3 is 0 Å². The summed E-state index contributed by atoms with van der Waals surface area (Å²) in [7, 11) is -1.91. The summed E-state index contributed by atoms with van der Waals surface area (Å²) in [5.41, 5.74) is 0.605. The second-order valence-electron chi connectivity index (χ2n) is 5.98. The molecule has 1 aromatic carbocycles. The van der Waals surface area contributed by atoms with E-state index in [0.29, 0.717) is 18.7 Å². The van der Waals surface area contributed by atoms with Crippen LogP contribution in [-0.2, 0) is 16.6 Å². The lowest BCUT2D eigenvalue weighted by atomic mass is 10.2. The number of benzene rings is 1. The van der Waals surface area contributed by atoms with E-state index in [9.17, 15) is 12.8 Å². The van der Waals surface area contributed by atoms with Gasteiger partial charge in [-0.2, -0.15) is 4.31 Å². The highest BCUT2D eigenvalue weighted by Crippen LogP contribution is 2.34. The molecule has 0 heterocycles. The van der Waals surface area contributed by atoms with Crippen molar-refractivity contribution in [3.05, 3.63) is 29.6 Å². The number of halogens is 1. The summed E-state index contributed by atoms with van der Waals surface area (Å²) in [6.45, 7) is 4.85. The molecule has 4 nitrogen and oxygen atoms in total. The van der Waals surface area contributed by atoms with Gasteiger partial charge in [-0.1, -0.05) is 19.9 Å². The van der Waals surface area contributed by atoms with Crippen LogP contribution in [0.3, 0.4) is 0 Å². The molecule has 1 aliphatic rings. The number of nitrogens with one attached hydrogen (secondary N) is 1. The first-order valence-corrected chi connectivity index (χ1v) is 8.75. The predicted molar refractivity (Wildman–Crippen MR) is 80.9 cm³/mol. The van der Waals surface area contributed by atoms with Crippen LogP contribution < -0.4 is 5.32 Å². The Morgan fingerprint density at radius 3 is 2.57 bits per heavy atom. The zero-order chi connectivity index (χ0) is 15.6. The van der Waals surface area contributed by atoms with Crippen LogP contribution in [0.2, 0.25) is 0 Å². The molecule has 1 aromatic rings. The third-order valence-corrected chi connectivity index (χ3v) is 5.48. The van der Waals surface area contributed by atoms with E-state index < -0.39 is 15.8 Å². The van der Waals surface area contributed by atoms with Gasteiger partial charge in [0.15, 0.2) is 0 Å². The van der Waals surface area contributed by atoms with Crippen LogP contribution >= 0.6 is 0 Å². The highest BCUT2D eigenvalue weighted by molar-refractivity contribution is 7.89. The Morgan fingerprint density at radius 2 is 2.05 bits per heavy atom. The van der Waals surface area contributed by atoms with Gasteiger partial charge in [0.05, 0.1) is 4.90 Å². The van der Waals surface area contributed by atoms with E-state index in [1.807, 2.05) is 13.8 Å². The first-order chi connectivity index (χ1) is 9.86. The molecule has 0 atom stereocenters. The van der Waals surface area contributed by atoms with Crippen molar-refractivity contribution in [3.63, 3.8) is 0 Å². The Bertz CT molecular complexity index is 598. The van der Waals surface area contributed by atoms with Crippen molar-refractivity contribution in [2.45, 2.75) is 44.2 Å². The first-order valence-electron chi connectivity index (χ1n) is 7.31. The minimum atomic E-state index is -3.65. The highest BCUT2D eigenvalue weighted by atomic mass is 32.2. The molecule has 1 aliphatic carbocycles. The van der Waals surface area contributed by atoms with E-state index in [-0.39, 0.29) is 16.9 Å². The maximum Gasteiger partial charge on any atom is 0.243 e. The lowest BCUT2D eigenvalue weighted by molar-refractivity contribution is 0.359. The molecular formula is C15H23FN2O2S. The molecule has 0 aliphatic heterocycles. The maximum atomic E-state index is 13.6. The van der Waals surface area contributed by atoms with Gasteiger partial charge in [0.2, 0.25) is 10.0 Å². The van der Waals surface area contributed by atoms with E-state index in [0.717, 1.165) is 18.9 Å². The molecule has 2 rings (SSSR count). The molecule has 118 valence electrons. The molecular weight excluding hydrogens is 291 g/mol. The summed E-state index contributed by atoms with van der Waals surface area (Å²) in [5.74, 6) is -0.282. The standard InChI is InChI=1S/C15H23FN2O2S/c1-11(2)10-18(14-6-7-14)21(19,20)15-8-13(16)5-4-12(15)9-17-3/h4-5,8,11,14,17H,6-7,9-10H2,1-3H3. The molecule has 0 unspecified atom stereocenters. The molecule has 0 bridgehead atoms. The molecule has 1 fully saturated rings. The second kappa shape index (κ2) is 6.42. The molecule has 0 saturated heterocycles. The smallest absolute Gasteiger partial charge is 0.243 e. The number of hydrogen-bond donors (Lipinski definition) is 1. The van der Waals surface area contributed by atoms with E-state index in [4.69, 9.17) is 0 Å². The van der Waals surface area contributed by atoms with Crippen molar-refractivity contribution in [1.29, 1.82) is 0 Å². The van der Waals surface area contributed by atoms with Gasteiger partial charge < -0.3 is 5.32 Å². The van der Waals surface area contributed by atoms with Crippen LogP contribution in [0.25, 0.3) is 0 Å². The minimum Gasteiger partial charge on any atom is -0.316 e. The number of sulfonamides is 1. The fourth-order valence-electron chi connectivity index (χ4n) is 2.40. The van der Waals surface area contributed by atoms with E-state index in [1.165, 1.54) is 6.07 Å². The maximum absolute atomic E-state index is 13.6. The average molecular weight is 314 g/mol. The van der Waals surface area contributed by atoms with Crippen LogP contribution in [0.1, 0.15) is 32.3 Å². The Labute approximate surface area is 126 Å². The van der Waals surface area contributed by atoms with Crippen LogP contribution in [-0.4, -0.2) is 32.4 Å². The van der Waals surface area contributed by atoms with Crippen molar-refractivity contribution in [1.82, 2.24) is 9.62 Å². The Hall–Kier alpha value is -0.980. The minimum absolute atomic E-state index is 0.0723. The van der Waals surface area contributed by atoms with Crippen molar-refractivity contribution in [3.8, 4) is 0 Å². The third kappa shape index (κ3) is 3.81. The zero-order valence-electron chi connectivity index (χ0n) is 12.8. The van der Waals surface area contributed by atoms with Gasteiger partial charge in [0.25, 0.3) is 0 Å². The van der Waals surface area contributed by atoms with Crippen LogP contribution in [0.15, 0.2) is 23.1 Å². The molecule has 21 heavy (non-hydrogen) atoms. The fourth-order valence-corrected chi connectivity index (χ4v) is 4.48. The molecule has 0 amide bonds. The summed E-state index contributed by atoms with van der Waals surface area (Å²) < 4.78 is 41.0. The summed E-state index contributed by atoms with van der Waals surface area (Å²) in [5, 5.41) is 2.94. The Morgan fingerprint density at radius 1 is 1.38 bits per heavy atom. The second-order valence-corrected chi connectivity index (χ2v) is 7.84. The average Bonchev–Trinajstić information content (AvgIpc) is 3.22.